The zero-order valence-electron chi connectivity index (χ0n) is 13.6. The van der Waals surface area contributed by atoms with Gasteiger partial charge in [0.15, 0.2) is 0 Å². The smallest absolute Gasteiger partial charge is 0.325 e. The molecule has 0 spiro atoms. The number of amides is 3. The summed E-state index contributed by atoms with van der Waals surface area (Å²) in [6.07, 6.45) is 0.743. The number of imide groups is 1. The minimum atomic E-state index is -1.01. The molecule has 1 unspecified atom stereocenters. The fraction of sp³-hybridized carbons (Fsp3) is 0.353. The molecule has 1 saturated heterocycles. The zero-order chi connectivity index (χ0) is 17.2. The Morgan fingerprint density at radius 1 is 1.29 bits per heavy atom. The van der Waals surface area contributed by atoms with Gasteiger partial charge < -0.3 is 10.1 Å². The van der Waals surface area contributed by atoms with Crippen LogP contribution in [0.1, 0.15) is 23.2 Å². The molecule has 1 fully saturated rings. The van der Waals surface area contributed by atoms with Crippen LogP contribution in [0.3, 0.4) is 0 Å². The first-order chi connectivity index (χ1) is 11.5. The number of carbonyl (C=O) groups excluding carboxylic acids is 2. The molecule has 1 aliphatic heterocycles. The molecule has 0 bridgehead atoms. The first kappa shape index (κ1) is 16.6. The summed E-state index contributed by atoms with van der Waals surface area (Å²) in [5, 5.41) is 5.54. The molecule has 1 aromatic carbocycles. The second-order valence-corrected chi connectivity index (χ2v) is 6.92. The van der Waals surface area contributed by atoms with E-state index in [9.17, 15) is 9.59 Å². The number of rotatable bonds is 6. The number of urea groups is 1. The highest BCUT2D eigenvalue weighted by Crippen LogP contribution is 2.22. The largest absolute Gasteiger partial charge is 0.382 e. The first-order valence-corrected chi connectivity index (χ1v) is 8.50. The Hall–Kier alpha value is -2.25. The summed E-state index contributed by atoms with van der Waals surface area (Å²) < 4.78 is 5.04. The van der Waals surface area contributed by atoms with Gasteiger partial charge in [-0.15, -0.1) is 11.3 Å². The first-order valence-electron chi connectivity index (χ1n) is 7.62. The predicted molar refractivity (Wildman–Crippen MR) is 90.7 cm³/mol. The van der Waals surface area contributed by atoms with Crippen molar-refractivity contribution in [3.63, 3.8) is 0 Å². The fourth-order valence-corrected chi connectivity index (χ4v) is 3.53. The van der Waals surface area contributed by atoms with Crippen molar-refractivity contribution in [3.05, 3.63) is 52.0 Å². The lowest BCUT2D eigenvalue weighted by Crippen LogP contribution is -2.47. The molecule has 6 nitrogen and oxygen atoms in total. The van der Waals surface area contributed by atoms with Crippen LogP contribution in [0.25, 0.3) is 0 Å². The van der Waals surface area contributed by atoms with Crippen LogP contribution in [0.4, 0.5) is 4.79 Å². The number of nitrogens with zero attached hydrogens (tertiary/aromatic N) is 2. The van der Waals surface area contributed by atoms with Crippen molar-refractivity contribution in [2.24, 2.45) is 0 Å². The monoisotopic (exact) mass is 345 g/mol. The Bertz CT molecular complexity index is 747. The highest BCUT2D eigenvalue weighted by Gasteiger charge is 2.47. The molecule has 1 aromatic heterocycles. The molecule has 0 aliphatic carbocycles. The standard InChI is InChI=1S/C17H19N3O3S/c1-17(11-23-2)15(21)20(16(22)19-17)9-13-10-24-14(18-13)8-12-6-4-3-5-7-12/h3-7,10H,8-9,11H2,1-2H3,(H,19,22). The summed E-state index contributed by atoms with van der Waals surface area (Å²) in [5.41, 5.74) is 0.895. The van der Waals surface area contributed by atoms with E-state index in [4.69, 9.17) is 4.74 Å². The van der Waals surface area contributed by atoms with Crippen LogP contribution in [0, 0.1) is 0 Å². The quantitative estimate of drug-likeness (QED) is 0.815. The van der Waals surface area contributed by atoms with Gasteiger partial charge in [-0.2, -0.15) is 0 Å². The van der Waals surface area contributed by atoms with Gasteiger partial charge in [-0.05, 0) is 12.5 Å². The maximum Gasteiger partial charge on any atom is 0.325 e. The summed E-state index contributed by atoms with van der Waals surface area (Å²) in [7, 11) is 1.50. The average Bonchev–Trinajstić information content (AvgIpc) is 3.07. The summed E-state index contributed by atoms with van der Waals surface area (Å²) in [6, 6.07) is 9.66. The van der Waals surface area contributed by atoms with Gasteiger partial charge in [0.05, 0.1) is 23.9 Å². The lowest BCUT2D eigenvalue weighted by molar-refractivity contribution is -0.132. The highest BCUT2D eigenvalue weighted by molar-refractivity contribution is 7.09. The van der Waals surface area contributed by atoms with Gasteiger partial charge >= 0.3 is 6.03 Å². The molecule has 24 heavy (non-hydrogen) atoms. The molecule has 0 radical (unpaired) electrons. The molecule has 7 heteroatoms. The second kappa shape index (κ2) is 6.70. The van der Waals surface area contributed by atoms with E-state index in [0.29, 0.717) is 0 Å². The van der Waals surface area contributed by atoms with Crippen LogP contribution in [0.2, 0.25) is 0 Å². The maximum atomic E-state index is 12.5. The van der Waals surface area contributed by atoms with Gasteiger partial charge in [-0.25, -0.2) is 9.78 Å². The summed E-state index contributed by atoms with van der Waals surface area (Å²) in [6.45, 7) is 1.98. The summed E-state index contributed by atoms with van der Waals surface area (Å²) in [4.78, 5) is 30.3. The Morgan fingerprint density at radius 3 is 2.75 bits per heavy atom. The lowest BCUT2D eigenvalue weighted by atomic mass is 10.0. The highest BCUT2D eigenvalue weighted by atomic mass is 32.1. The molecule has 1 N–H and O–H groups in total. The van der Waals surface area contributed by atoms with Crippen LogP contribution < -0.4 is 5.32 Å². The molecule has 0 saturated carbocycles. The fourth-order valence-electron chi connectivity index (χ4n) is 2.71. The number of carbonyl (C=O) groups is 2. The number of aromatic nitrogens is 1. The summed E-state index contributed by atoms with van der Waals surface area (Å²) >= 11 is 1.53. The Kier molecular flexibility index (Phi) is 4.64. The molecule has 3 rings (SSSR count). The Labute approximate surface area is 144 Å². The molecule has 126 valence electrons. The second-order valence-electron chi connectivity index (χ2n) is 5.98. The van der Waals surface area contributed by atoms with E-state index in [0.717, 1.165) is 17.1 Å². The van der Waals surface area contributed by atoms with E-state index < -0.39 is 11.6 Å². The number of benzene rings is 1. The van der Waals surface area contributed by atoms with Crippen LogP contribution in [-0.2, 0) is 22.5 Å². The van der Waals surface area contributed by atoms with Gasteiger partial charge in [0, 0.05) is 18.9 Å². The van der Waals surface area contributed by atoms with E-state index in [1.807, 2.05) is 23.6 Å². The van der Waals surface area contributed by atoms with E-state index in [2.05, 4.69) is 22.4 Å². The van der Waals surface area contributed by atoms with E-state index >= 15 is 0 Å². The minimum Gasteiger partial charge on any atom is -0.382 e. The number of hydrogen-bond donors (Lipinski definition) is 1. The van der Waals surface area contributed by atoms with Crippen LogP contribution in [0.15, 0.2) is 35.7 Å². The zero-order valence-corrected chi connectivity index (χ0v) is 14.4. The third kappa shape index (κ3) is 3.32. The van der Waals surface area contributed by atoms with Crippen LogP contribution in [-0.4, -0.2) is 41.1 Å². The van der Waals surface area contributed by atoms with Crippen LogP contribution in [0.5, 0.6) is 0 Å². The number of hydrogen-bond acceptors (Lipinski definition) is 5. The number of ether oxygens (including phenoxy) is 1. The molecular weight excluding hydrogens is 326 g/mol. The van der Waals surface area contributed by atoms with E-state index in [1.165, 1.54) is 28.9 Å². The topological polar surface area (TPSA) is 71.5 Å². The summed E-state index contributed by atoms with van der Waals surface area (Å²) in [5.74, 6) is -0.285. The van der Waals surface area contributed by atoms with Gasteiger partial charge in [-0.1, -0.05) is 30.3 Å². The van der Waals surface area contributed by atoms with E-state index in [1.54, 1.807) is 6.92 Å². The Balaban J connectivity index is 1.69. The molecule has 1 atom stereocenters. The van der Waals surface area contributed by atoms with Gasteiger partial charge in [0.25, 0.3) is 5.91 Å². The van der Waals surface area contributed by atoms with Crippen molar-refractivity contribution in [2.45, 2.75) is 25.4 Å². The van der Waals surface area contributed by atoms with Crippen molar-refractivity contribution in [1.29, 1.82) is 0 Å². The van der Waals surface area contributed by atoms with Crippen molar-refractivity contribution in [2.75, 3.05) is 13.7 Å². The average molecular weight is 345 g/mol. The number of methoxy groups -OCH3 is 1. The maximum absolute atomic E-state index is 12.5. The van der Waals surface area contributed by atoms with Crippen LogP contribution >= 0.6 is 11.3 Å². The molecule has 2 heterocycles. The normalized spacial score (nSPS) is 20.5. The minimum absolute atomic E-state index is 0.143. The van der Waals surface area contributed by atoms with Gasteiger partial charge in [0.2, 0.25) is 0 Å². The third-order valence-electron chi connectivity index (χ3n) is 3.90. The molecule has 3 amide bonds. The number of thiazole rings is 1. The Morgan fingerprint density at radius 2 is 2.04 bits per heavy atom. The van der Waals surface area contributed by atoms with Gasteiger partial charge in [-0.3, -0.25) is 9.69 Å². The van der Waals surface area contributed by atoms with Crippen molar-refractivity contribution >= 4 is 23.3 Å². The van der Waals surface area contributed by atoms with E-state index in [-0.39, 0.29) is 19.1 Å². The van der Waals surface area contributed by atoms with Crippen molar-refractivity contribution < 1.29 is 14.3 Å². The molecule has 2 aromatic rings. The van der Waals surface area contributed by atoms with Crippen molar-refractivity contribution in [3.8, 4) is 0 Å². The third-order valence-corrected chi connectivity index (χ3v) is 4.79. The molecular formula is C17H19N3O3S. The molecule has 1 aliphatic rings. The number of nitrogens with one attached hydrogen (secondary N) is 1. The van der Waals surface area contributed by atoms with Crippen molar-refractivity contribution in [1.82, 2.24) is 15.2 Å². The SMILES string of the molecule is COCC1(C)NC(=O)N(Cc2csc(Cc3ccccc3)n2)C1=O. The predicted octanol–water partition coefficient (Wildman–Crippen LogP) is 2.19. The lowest BCUT2D eigenvalue weighted by Gasteiger charge is -2.20. The van der Waals surface area contributed by atoms with Gasteiger partial charge in [0.1, 0.15) is 5.54 Å².